The molecule has 6 nitrogen and oxygen atoms in total. The fraction of sp³-hybridized carbons (Fsp3) is 0.462. The number of nitrogens with zero attached hydrogens (tertiary/aromatic N) is 1. The molecule has 0 unspecified atom stereocenters. The molecule has 0 fully saturated rings. The molecule has 0 radical (unpaired) electrons. The van der Waals surface area contributed by atoms with Crippen LogP contribution in [0.25, 0.3) is 0 Å². The van der Waals surface area contributed by atoms with Crippen molar-refractivity contribution in [2.45, 2.75) is 6.92 Å². The van der Waals surface area contributed by atoms with E-state index in [1.807, 2.05) is 6.07 Å². The Bertz CT molecular complexity index is 611. The Kier molecular flexibility index (Phi) is 4.99. The first-order valence-corrected chi connectivity index (χ1v) is 8.09. The molecule has 20 heavy (non-hydrogen) atoms. The van der Waals surface area contributed by atoms with E-state index < -0.39 is 15.8 Å². The number of hydrogen-bond acceptors (Lipinski definition) is 6. The third-order valence-electron chi connectivity index (χ3n) is 3.02. The smallest absolute Gasteiger partial charge is 0.340 e. The number of hydrogen-bond donors (Lipinski definition) is 1. The number of carbonyl (C=O) groups is 1. The number of esters is 1. The molecule has 0 aliphatic heterocycles. The molecule has 0 atom stereocenters. The van der Waals surface area contributed by atoms with E-state index in [4.69, 9.17) is 5.73 Å². The van der Waals surface area contributed by atoms with Gasteiger partial charge in [-0.2, -0.15) is 0 Å². The molecule has 0 saturated heterocycles. The van der Waals surface area contributed by atoms with Crippen molar-refractivity contribution in [2.75, 3.05) is 43.3 Å². The maximum absolute atomic E-state index is 11.7. The van der Waals surface area contributed by atoms with E-state index >= 15 is 0 Å². The second-order valence-electron chi connectivity index (χ2n) is 4.77. The molecule has 0 heterocycles. The molecular weight excluding hydrogens is 280 g/mol. The van der Waals surface area contributed by atoms with Crippen molar-refractivity contribution in [3.63, 3.8) is 0 Å². The van der Waals surface area contributed by atoms with Gasteiger partial charge in [-0.15, -0.1) is 0 Å². The van der Waals surface area contributed by atoms with Gasteiger partial charge >= 0.3 is 5.97 Å². The minimum absolute atomic E-state index is 0.0421. The van der Waals surface area contributed by atoms with E-state index in [1.165, 1.54) is 13.4 Å². The maximum atomic E-state index is 11.7. The van der Waals surface area contributed by atoms with Crippen LogP contribution in [-0.4, -0.2) is 47.1 Å². The van der Waals surface area contributed by atoms with Gasteiger partial charge in [-0.25, -0.2) is 13.2 Å². The lowest BCUT2D eigenvalue weighted by atomic mass is 10.1. The summed E-state index contributed by atoms with van der Waals surface area (Å²) < 4.78 is 27.1. The van der Waals surface area contributed by atoms with E-state index in [2.05, 4.69) is 4.74 Å². The molecule has 0 aliphatic carbocycles. The number of methoxy groups -OCH3 is 1. The van der Waals surface area contributed by atoms with E-state index in [0.29, 0.717) is 12.2 Å². The first-order chi connectivity index (χ1) is 9.15. The lowest BCUT2D eigenvalue weighted by Gasteiger charge is -2.21. The maximum Gasteiger partial charge on any atom is 0.340 e. The predicted molar refractivity (Wildman–Crippen MR) is 79.9 cm³/mol. The van der Waals surface area contributed by atoms with Crippen LogP contribution in [0.4, 0.5) is 11.4 Å². The van der Waals surface area contributed by atoms with Gasteiger partial charge in [0.2, 0.25) is 0 Å². The van der Waals surface area contributed by atoms with Crippen molar-refractivity contribution in [2.24, 2.45) is 0 Å². The van der Waals surface area contributed by atoms with Crippen LogP contribution in [0.1, 0.15) is 15.9 Å². The van der Waals surface area contributed by atoms with Crippen LogP contribution in [0.5, 0.6) is 0 Å². The number of aryl methyl sites for hydroxylation is 1. The highest BCUT2D eigenvalue weighted by molar-refractivity contribution is 7.90. The van der Waals surface area contributed by atoms with Crippen molar-refractivity contribution < 1.29 is 17.9 Å². The van der Waals surface area contributed by atoms with Crippen LogP contribution in [0.2, 0.25) is 0 Å². The van der Waals surface area contributed by atoms with Crippen LogP contribution in [0.3, 0.4) is 0 Å². The normalized spacial score (nSPS) is 11.2. The van der Waals surface area contributed by atoms with E-state index in [1.54, 1.807) is 24.9 Å². The highest BCUT2D eigenvalue weighted by atomic mass is 32.2. The highest BCUT2D eigenvalue weighted by Crippen LogP contribution is 2.25. The molecule has 0 aliphatic rings. The molecule has 0 spiro atoms. The number of ether oxygens (including phenoxy) is 1. The third kappa shape index (κ3) is 4.12. The van der Waals surface area contributed by atoms with Crippen molar-refractivity contribution in [1.82, 2.24) is 0 Å². The van der Waals surface area contributed by atoms with Crippen molar-refractivity contribution in [3.8, 4) is 0 Å². The number of nitrogens with two attached hydrogens (primary N) is 1. The molecular formula is C13H20N2O4S. The van der Waals surface area contributed by atoms with Crippen LogP contribution < -0.4 is 10.6 Å². The molecule has 1 aromatic rings. The molecule has 0 bridgehead atoms. The Morgan fingerprint density at radius 1 is 1.40 bits per heavy atom. The molecule has 1 rings (SSSR count). The fourth-order valence-electron chi connectivity index (χ4n) is 1.71. The van der Waals surface area contributed by atoms with Crippen molar-refractivity contribution >= 4 is 27.2 Å². The summed E-state index contributed by atoms with van der Waals surface area (Å²) in [6.07, 6.45) is 1.19. The van der Waals surface area contributed by atoms with Crippen LogP contribution in [0, 0.1) is 6.92 Å². The fourth-order valence-corrected chi connectivity index (χ4v) is 2.32. The Morgan fingerprint density at radius 3 is 2.50 bits per heavy atom. The summed E-state index contributed by atoms with van der Waals surface area (Å²) >= 11 is 0. The minimum atomic E-state index is -3.03. The van der Waals surface area contributed by atoms with Crippen molar-refractivity contribution in [1.29, 1.82) is 0 Å². The van der Waals surface area contributed by atoms with Crippen molar-refractivity contribution in [3.05, 3.63) is 23.3 Å². The summed E-state index contributed by atoms with van der Waals surface area (Å²) in [5.74, 6) is -0.468. The Morgan fingerprint density at radius 2 is 2.00 bits per heavy atom. The lowest BCUT2D eigenvalue weighted by Crippen LogP contribution is -2.25. The largest absolute Gasteiger partial charge is 0.465 e. The number of rotatable bonds is 5. The molecule has 7 heteroatoms. The van der Waals surface area contributed by atoms with E-state index in [9.17, 15) is 13.2 Å². The summed E-state index contributed by atoms with van der Waals surface area (Å²) in [5, 5.41) is 0. The average Bonchev–Trinajstić information content (AvgIpc) is 2.37. The number of carbonyl (C=O) groups excluding carboxylic acids is 1. The Hall–Kier alpha value is -1.76. The zero-order chi connectivity index (χ0) is 15.5. The van der Waals surface area contributed by atoms with Gasteiger partial charge in [0.15, 0.2) is 0 Å². The van der Waals surface area contributed by atoms with Gasteiger partial charge in [-0.1, -0.05) is 0 Å². The number of benzene rings is 1. The summed E-state index contributed by atoms with van der Waals surface area (Å²) in [6.45, 7) is 2.12. The zero-order valence-electron chi connectivity index (χ0n) is 12.1. The van der Waals surface area contributed by atoms with Gasteiger partial charge in [-0.05, 0) is 24.6 Å². The van der Waals surface area contributed by atoms with Gasteiger partial charge in [-0.3, -0.25) is 0 Å². The van der Waals surface area contributed by atoms with Gasteiger partial charge in [0.05, 0.1) is 18.4 Å². The summed E-state index contributed by atoms with van der Waals surface area (Å²) in [6, 6.07) is 3.42. The van der Waals surface area contributed by atoms with Crippen LogP contribution in [-0.2, 0) is 14.6 Å². The van der Waals surface area contributed by atoms with Gasteiger partial charge in [0.25, 0.3) is 0 Å². The number of nitrogen functional groups attached to an aromatic ring is 1. The second kappa shape index (κ2) is 6.13. The molecule has 1 aromatic carbocycles. The standard InChI is InChI=1S/C13H20N2O4S/c1-9-7-10(15(2)5-6-20(4,17)18)8-11(12(9)14)13(16)19-3/h7-8H,5-6,14H2,1-4H3. The van der Waals surface area contributed by atoms with Gasteiger partial charge < -0.3 is 15.4 Å². The topological polar surface area (TPSA) is 89.7 Å². The van der Waals surface area contributed by atoms with Gasteiger partial charge in [0.1, 0.15) is 9.84 Å². The third-order valence-corrected chi connectivity index (χ3v) is 3.94. The summed E-state index contributed by atoms with van der Waals surface area (Å²) in [5.41, 5.74) is 7.98. The zero-order valence-corrected chi connectivity index (χ0v) is 13.0. The van der Waals surface area contributed by atoms with Crippen LogP contribution in [0.15, 0.2) is 12.1 Å². The molecule has 112 valence electrons. The first kappa shape index (κ1) is 16.3. The highest BCUT2D eigenvalue weighted by Gasteiger charge is 2.15. The summed E-state index contributed by atoms with van der Waals surface area (Å²) in [7, 11) is 0.0154. The Labute approximate surface area is 119 Å². The minimum Gasteiger partial charge on any atom is -0.465 e. The molecule has 0 saturated carbocycles. The lowest BCUT2D eigenvalue weighted by molar-refractivity contribution is 0.0602. The second-order valence-corrected chi connectivity index (χ2v) is 7.03. The van der Waals surface area contributed by atoms with Crippen LogP contribution >= 0.6 is 0 Å². The Balaban J connectivity index is 3.07. The number of anilines is 2. The monoisotopic (exact) mass is 300 g/mol. The van der Waals surface area contributed by atoms with E-state index in [0.717, 1.165) is 11.3 Å². The average molecular weight is 300 g/mol. The van der Waals surface area contributed by atoms with E-state index in [-0.39, 0.29) is 11.3 Å². The molecule has 0 amide bonds. The quantitative estimate of drug-likeness (QED) is 0.640. The SMILES string of the molecule is COC(=O)c1cc(N(C)CCS(C)(=O)=O)cc(C)c1N. The molecule has 0 aromatic heterocycles. The number of sulfone groups is 1. The van der Waals surface area contributed by atoms with Gasteiger partial charge in [0, 0.05) is 31.2 Å². The summed E-state index contributed by atoms with van der Waals surface area (Å²) in [4.78, 5) is 13.4. The first-order valence-electron chi connectivity index (χ1n) is 6.03. The predicted octanol–water partition coefficient (Wildman–Crippen LogP) is 0.845. The molecule has 2 N–H and O–H groups in total.